The van der Waals surface area contributed by atoms with E-state index in [9.17, 15) is 9.59 Å². The highest BCUT2D eigenvalue weighted by Crippen LogP contribution is 2.27. The van der Waals surface area contributed by atoms with E-state index < -0.39 is 0 Å². The minimum Gasteiger partial charge on any atom is -0.299 e. The molecule has 0 saturated heterocycles. The van der Waals surface area contributed by atoms with Crippen molar-refractivity contribution in [2.75, 3.05) is 5.75 Å². The standard InChI is InChI=1S/C14H14O2S/c1-10(15)9-17-14-6-3-11(4-7-14)12-2-5-13(16)8-12/h3-4,6-8H,2,5,9H2,1H3. The maximum Gasteiger partial charge on any atom is 0.156 e. The van der Waals surface area contributed by atoms with Crippen LogP contribution in [0, 0.1) is 0 Å². The zero-order valence-electron chi connectivity index (χ0n) is 9.73. The van der Waals surface area contributed by atoms with E-state index in [1.54, 1.807) is 24.8 Å². The molecule has 0 atom stereocenters. The number of ketones is 2. The SMILES string of the molecule is CC(=O)CSc1ccc(C2=CC(=O)CC2)cc1. The average molecular weight is 246 g/mol. The fourth-order valence-corrected chi connectivity index (χ4v) is 2.47. The Labute approximate surface area is 105 Å². The predicted molar refractivity (Wildman–Crippen MR) is 70.1 cm³/mol. The van der Waals surface area contributed by atoms with E-state index in [2.05, 4.69) is 0 Å². The summed E-state index contributed by atoms with van der Waals surface area (Å²) in [7, 11) is 0. The lowest BCUT2D eigenvalue weighted by Crippen LogP contribution is -1.92. The van der Waals surface area contributed by atoms with Gasteiger partial charge in [-0.3, -0.25) is 9.59 Å². The lowest BCUT2D eigenvalue weighted by atomic mass is 10.1. The van der Waals surface area contributed by atoms with Gasteiger partial charge >= 0.3 is 0 Å². The minimum atomic E-state index is 0.183. The van der Waals surface area contributed by atoms with Gasteiger partial charge < -0.3 is 0 Å². The van der Waals surface area contributed by atoms with Crippen LogP contribution in [0.4, 0.5) is 0 Å². The van der Waals surface area contributed by atoms with Gasteiger partial charge in [0.25, 0.3) is 0 Å². The van der Waals surface area contributed by atoms with E-state index in [4.69, 9.17) is 0 Å². The second-order valence-electron chi connectivity index (χ2n) is 4.15. The van der Waals surface area contributed by atoms with Crippen molar-refractivity contribution >= 4 is 28.9 Å². The molecule has 0 radical (unpaired) electrons. The molecule has 0 fully saturated rings. The molecule has 0 unspecified atom stereocenters. The van der Waals surface area contributed by atoms with E-state index in [0.29, 0.717) is 12.2 Å². The summed E-state index contributed by atoms with van der Waals surface area (Å²) in [5, 5.41) is 0. The molecule has 0 aromatic heterocycles. The molecule has 0 heterocycles. The van der Waals surface area contributed by atoms with E-state index in [-0.39, 0.29) is 11.6 Å². The predicted octanol–water partition coefficient (Wildman–Crippen LogP) is 3.11. The molecule has 2 nitrogen and oxygen atoms in total. The zero-order chi connectivity index (χ0) is 12.3. The molecule has 0 aliphatic heterocycles. The second kappa shape index (κ2) is 5.32. The van der Waals surface area contributed by atoms with Gasteiger partial charge in [-0.05, 0) is 42.7 Å². The second-order valence-corrected chi connectivity index (χ2v) is 5.20. The molecule has 0 spiro atoms. The molecule has 2 rings (SSSR count). The van der Waals surface area contributed by atoms with Gasteiger partial charge in [0.15, 0.2) is 5.78 Å². The maximum absolute atomic E-state index is 11.2. The first-order valence-electron chi connectivity index (χ1n) is 5.61. The topological polar surface area (TPSA) is 34.1 Å². The Hall–Kier alpha value is -1.35. The third kappa shape index (κ3) is 3.30. The van der Waals surface area contributed by atoms with Crippen LogP contribution in [0.15, 0.2) is 35.2 Å². The molecule has 1 aliphatic carbocycles. The van der Waals surface area contributed by atoms with Gasteiger partial charge in [-0.15, -0.1) is 11.8 Å². The van der Waals surface area contributed by atoms with Crippen LogP contribution in [0.2, 0.25) is 0 Å². The minimum absolute atomic E-state index is 0.183. The highest BCUT2D eigenvalue weighted by molar-refractivity contribution is 8.00. The van der Waals surface area contributed by atoms with Gasteiger partial charge in [0.05, 0.1) is 5.75 Å². The number of carbonyl (C=O) groups excluding carboxylic acids is 2. The van der Waals surface area contributed by atoms with Crippen molar-refractivity contribution in [1.82, 2.24) is 0 Å². The summed E-state index contributed by atoms with van der Waals surface area (Å²) in [6.45, 7) is 1.59. The quantitative estimate of drug-likeness (QED) is 0.765. The van der Waals surface area contributed by atoms with Crippen LogP contribution in [-0.2, 0) is 9.59 Å². The molecule has 0 amide bonds. The third-order valence-corrected chi connectivity index (χ3v) is 3.80. The van der Waals surface area contributed by atoms with Crippen molar-refractivity contribution < 1.29 is 9.59 Å². The van der Waals surface area contributed by atoms with Crippen LogP contribution in [0.3, 0.4) is 0 Å². The van der Waals surface area contributed by atoms with Gasteiger partial charge in [0.1, 0.15) is 5.78 Å². The lowest BCUT2D eigenvalue weighted by molar-refractivity contribution is -0.115. The summed E-state index contributed by atoms with van der Waals surface area (Å²) >= 11 is 1.54. The van der Waals surface area contributed by atoms with Crippen LogP contribution < -0.4 is 0 Å². The molecular weight excluding hydrogens is 232 g/mol. The van der Waals surface area contributed by atoms with Crippen LogP contribution in [0.5, 0.6) is 0 Å². The molecule has 88 valence electrons. The molecule has 17 heavy (non-hydrogen) atoms. The molecule has 1 aromatic carbocycles. The van der Waals surface area contributed by atoms with Crippen LogP contribution in [0.25, 0.3) is 5.57 Å². The molecule has 0 saturated carbocycles. The molecule has 0 bridgehead atoms. The summed E-state index contributed by atoms with van der Waals surface area (Å²) in [5.74, 6) is 0.916. The summed E-state index contributed by atoms with van der Waals surface area (Å²) in [5.41, 5.74) is 2.24. The zero-order valence-corrected chi connectivity index (χ0v) is 10.5. The number of rotatable bonds is 4. The van der Waals surface area contributed by atoms with E-state index >= 15 is 0 Å². The Morgan fingerprint density at radius 2 is 1.94 bits per heavy atom. The fourth-order valence-electron chi connectivity index (χ4n) is 1.77. The monoisotopic (exact) mass is 246 g/mol. The molecular formula is C14H14O2S. The average Bonchev–Trinajstić information content (AvgIpc) is 2.74. The number of allylic oxidation sites excluding steroid dienone is 2. The Balaban J connectivity index is 2.05. The Kier molecular flexibility index (Phi) is 3.79. The number of carbonyl (C=O) groups is 2. The third-order valence-electron chi connectivity index (χ3n) is 2.64. The van der Waals surface area contributed by atoms with Gasteiger partial charge in [-0.25, -0.2) is 0 Å². The van der Waals surface area contributed by atoms with Crippen LogP contribution in [0.1, 0.15) is 25.3 Å². The first kappa shape index (κ1) is 12.1. The lowest BCUT2D eigenvalue weighted by Gasteiger charge is -2.03. The Bertz CT molecular complexity index is 472. The van der Waals surface area contributed by atoms with Gasteiger partial charge in [0.2, 0.25) is 0 Å². The van der Waals surface area contributed by atoms with Crippen molar-refractivity contribution in [3.05, 3.63) is 35.9 Å². The van der Waals surface area contributed by atoms with E-state index in [1.165, 1.54) is 0 Å². The molecule has 0 N–H and O–H groups in total. The Morgan fingerprint density at radius 3 is 2.47 bits per heavy atom. The number of Topliss-reactive ketones (excluding diaryl/α,β-unsaturated/α-hetero) is 1. The number of benzene rings is 1. The van der Waals surface area contributed by atoms with Gasteiger partial charge in [-0.2, -0.15) is 0 Å². The van der Waals surface area contributed by atoms with Crippen molar-refractivity contribution in [3.63, 3.8) is 0 Å². The number of thioether (sulfide) groups is 1. The van der Waals surface area contributed by atoms with E-state index in [0.717, 1.165) is 22.5 Å². The molecule has 3 heteroatoms. The van der Waals surface area contributed by atoms with Crippen molar-refractivity contribution in [2.24, 2.45) is 0 Å². The molecule has 1 aliphatic rings. The first-order valence-corrected chi connectivity index (χ1v) is 6.60. The highest BCUT2D eigenvalue weighted by atomic mass is 32.2. The van der Waals surface area contributed by atoms with Gasteiger partial charge in [-0.1, -0.05) is 12.1 Å². The number of hydrogen-bond donors (Lipinski definition) is 0. The largest absolute Gasteiger partial charge is 0.299 e. The van der Waals surface area contributed by atoms with Crippen molar-refractivity contribution in [1.29, 1.82) is 0 Å². The fraction of sp³-hybridized carbons (Fsp3) is 0.286. The normalized spacial score (nSPS) is 14.9. The summed E-state index contributed by atoms with van der Waals surface area (Å²) in [6.07, 6.45) is 3.21. The maximum atomic E-state index is 11.2. The summed E-state index contributed by atoms with van der Waals surface area (Å²) in [4.78, 5) is 23.1. The highest BCUT2D eigenvalue weighted by Gasteiger charge is 2.13. The van der Waals surface area contributed by atoms with Gasteiger partial charge in [0, 0.05) is 11.3 Å². The van der Waals surface area contributed by atoms with Crippen molar-refractivity contribution in [2.45, 2.75) is 24.7 Å². The van der Waals surface area contributed by atoms with Crippen molar-refractivity contribution in [3.8, 4) is 0 Å². The smallest absolute Gasteiger partial charge is 0.156 e. The first-order chi connectivity index (χ1) is 8.15. The summed E-state index contributed by atoms with van der Waals surface area (Å²) < 4.78 is 0. The number of hydrogen-bond acceptors (Lipinski definition) is 3. The summed E-state index contributed by atoms with van der Waals surface area (Å²) in [6, 6.07) is 8.05. The molecule has 1 aromatic rings. The van der Waals surface area contributed by atoms with E-state index in [1.807, 2.05) is 24.3 Å². The Morgan fingerprint density at radius 1 is 1.24 bits per heavy atom. The van der Waals surface area contributed by atoms with Crippen LogP contribution in [-0.4, -0.2) is 17.3 Å². The van der Waals surface area contributed by atoms with Crippen LogP contribution >= 0.6 is 11.8 Å².